The number of nitrogens with zero attached hydrogens (tertiary/aromatic N) is 1. The maximum Gasteiger partial charge on any atom is 0.291 e. The molecule has 1 amide bonds. The van der Waals surface area contributed by atoms with Gasteiger partial charge in [-0.2, -0.15) is 0 Å². The van der Waals surface area contributed by atoms with E-state index in [4.69, 9.17) is 32.6 Å². The standard InChI is InChI=1S/C25H16Cl2N2O2S/c1-14-6-7-15(25-29-19-4-2-3-5-23(19)32-25)12-20(14)28-24(30)22-11-10-21(31-22)17-9-8-16(26)13-18(17)27/h2-13H,1H3,(H,28,30). The monoisotopic (exact) mass is 478 g/mol. The van der Waals surface area contributed by atoms with Crippen LogP contribution in [0.5, 0.6) is 0 Å². The Bertz CT molecular complexity index is 1440. The van der Waals surface area contributed by atoms with Gasteiger partial charge in [-0.3, -0.25) is 4.79 Å². The molecule has 5 rings (SSSR count). The van der Waals surface area contributed by atoms with E-state index in [1.54, 1.807) is 41.7 Å². The first-order valence-electron chi connectivity index (χ1n) is 9.81. The average molecular weight is 479 g/mol. The van der Waals surface area contributed by atoms with Crippen molar-refractivity contribution in [2.45, 2.75) is 6.92 Å². The first-order chi connectivity index (χ1) is 15.5. The number of carbonyl (C=O) groups excluding carboxylic acids is 1. The molecule has 2 heterocycles. The van der Waals surface area contributed by atoms with Gasteiger partial charge in [0, 0.05) is 21.8 Å². The van der Waals surface area contributed by atoms with E-state index < -0.39 is 0 Å². The Kier molecular flexibility index (Phi) is 5.47. The lowest BCUT2D eigenvalue weighted by Crippen LogP contribution is -2.11. The maximum absolute atomic E-state index is 12.9. The van der Waals surface area contributed by atoms with Crippen molar-refractivity contribution in [3.8, 4) is 21.9 Å². The number of para-hydroxylation sites is 1. The lowest BCUT2D eigenvalue weighted by Gasteiger charge is -2.09. The Hall–Kier alpha value is -3.12. The highest BCUT2D eigenvalue weighted by Crippen LogP contribution is 2.34. The molecule has 0 fully saturated rings. The molecule has 0 aliphatic rings. The van der Waals surface area contributed by atoms with Crippen LogP contribution in [0, 0.1) is 6.92 Å². The van der Waals surface area contributed by atoms with Crippen LogP contribution in [0.15, 0.2) is 77.2 Å². The van der Waals surface area contributed by atoms with Gasteiger partial charge in [0.25, 0.3) is 5.91 Å². The van der Waals surface area contributed by atoms with Gasteiger partial charge in [-0.15, -0.1) is 11.3 Å². The molecule has 3 aromatic carbocycles. The van der Waals surface area contributed by atoms with Crippen molar-refractivity contribution in [3.63, 3.8) is 0 Å². The third kappa shape index (κ3) is 4.02. The minimum atomic E-state index is -0.342. The summed E-state index contributed by atoms with van der Waals surface area (Å²) in [6.07, 6.45) is 0. The molecule has 0 saturated heterocycles. The van der Waals surface area contributed by atoms with E-state index in [9.17, 15) is 4.79 Å². The van der Waals surface area contributed by atoms with Gasteiger partial charge in [0.15, 0.2) is 5.76 Å². The molecular weight excluding hydrogens is 463 g/mol. The Labute approximate surface area is 198 Å². The second kappa shape index (κ2) is 8.43. The van der Waals surface area contributed by atoms with Crippen LogP contribution in [0.2, 0.25) is 10.0 Å². The number of carbonyl (C=O) groups is 1. The molecule has 32 heavy (non-hydrogen) atoms. The molecule has 0 aliphatic heterocycles. The van der Waals surface area contributed by atoms with Gasteiger partial charge in [-0.1, -0.05) is 47.5 Å². The number of hydrogen-bond donors (Lipinski definition) is 1. The number of amides is 1. The van der Waals surface area contributed by atoms with Crippen molar-refractivity contribution in [1.29, 1.82) is 0 Å². The molecule has 0 saturated carbocycles. The lowest BCUT2D eigenvalue weighted by atomic mass is 10.1. The van der Waals surface area contributed by atoms with Crippen molar-refractivity contribution in [3.05, 3.63) is 94.2 Å². The van der Waals surface area contributed by atoms with Crippen LogP contribution >= 0.6 is 34.5 Å². The Morgan fingerprint density at radius 2 is 1.84 bits per heavy atom. The predicted octanol–water partition coefficient (Wildman–Crippen LogP) is 8.09. The third-order valence-electron chi connectivity index (χ3n) is 5.05. The number of hydrogen-bond acceptors (Lipinski definition) is 4. The van der Waals surface area contributed by atoms with Gasteiger partial charge in [0.1, 0.15) is 10.8 Å². The fourth-order valence-corrected chi connectivity index (χ4v) is 4.83. The molecule has 4 nitrogen and oxygen atoms in total. The van der Waals surface area contributed by atoms with E-state index in [-0.39, 0.29) is 11.7 Å². The number of rotatable bonds is 4. The maximum atomic E-state index is 12.9. The summed E-state index contributed by atoms with van der Waals surface area (Å²) in [5.41, 5.74) is 4.22. The van der Waals surface area contributed by atoms with Crippen LogP contribution in [-0.4, -0.2) is 10.9 Å². The molecule has 0 spiro atoms. The summed E-state index contributed by atoms with van der Waals surface area (Å²) < 4.78 is 6.89. The van der Waals surface area contributed by atoms with E-state index in [0.29, 0.717) is 27.1 Å². The topological polar surface area (TPSA) is 55.1 Å². The summed E-state index contributed by atoms with van der Waals surface area (Å²) in [5, 5.41) is 4.84. The average Bonchev–Trinajstić information content (AvgIpc) is 3.42. The van der Waals surface area contributed by atoms with Gasteiger partial charge >= 0.3 is 0 Å². The van der Waals surface area contributed by atoms with E-state index in [1.165, 1.54) is 0 Å². The van der Waals surface area contributed by atoms with Gasteiger partial charge in [0.05, 0.1) is 15.2 Å². The Morgan fingerprint density at radius 1 is 1.00 bits per heavy atom. The minimum absolute atomic E-state index is 0.191. The largest absolute Gasteiger partial charge is 0.451 e. The number of benzene rings is 3. The van der Waals surface area contributed by atoms with E-state index >= 15 is 0 Å². The number of aromatic nitrogens is 1. The predicted molar refractivity (Wildman–Crippen MR) is 132 cm³/mol. The molecule has 0 unspecified atom stereocenters. The van der Waals surface area contributed by atoms with E-state index in [1.807, 2.05) is 43.3 Å². The highest BCUT2D eigenvalue weighted by Gasteiger charge is 2.16. The highest BCUT2D eigenvalue weighted by atomic mass is 35.5. The summed E-state index contributed by atoms with van der Waals surface area (Å²) in [6.45, 7) is 1.94. The molecule has 1 N–H and O–H groups in total. The summed E-state index contributed by atoms with van der Waals surface area (Å²) in [4.78, 5) is 17.6. The van der Waals surface area contributed by atoms with Crippen LogP contribution in [0.25, 0.3) is 32.1 Å². The molecular formula is C25H16Cl2N2O2S. The molecule has 7 heteroatoms. The van der Waals surface area contributed by atoms with Crippen LogP contribution < -0.4 is 5.32 Å². The molecule has 0 bridgehead atoms. The van der Waals surface area contributed by atoms with Crippen molar-refractivity contribution in [2.75, 3.05) is 5.32 Å². The molecule has 0 radical (unpaired) electrons. The number of halogens is 2. The van der Waals surface area contributed by atoms with Gasteiger partial charge in [-0.05, 0) is 61.0 Å². The number of aryl methyl sites for hydroxylation is 1. The fraction of sp³-hybridized carbons (Fsp3) is 0.0400. The van der Waals surface area contributed by atoms with E-state index in [2.05, 4.69) is 11.4 Å². The number of thiazole rings is 1. The van der Waals surface area contributed by atoms with Crippen molar-refractivity contribution in [1.82, 2.24) is 4.98 Å². The van der Waals surface area contributed by atoms with Crippen molar-refractivity contribution >= 4 is 56.3 Å². The summed E-state index contributed by atoms with van der Waals surface area (Å²) in [5.74, 6) is 0.346. The minimum Gasteiger partial charge on any atom is -0.451 e. The zero-order chi connectivity index (χ0) is 22.2. The smallest absolute Gasteiger partial charge is 0.291 e. The number of fused-ring (bicyclic) bond motifs is 1. The van der Waals surface area contributed by atoms with Gasteiger partial charge in [-0.25, -0.2) is 4.98 Å². The molecule has 158 valence electrons. The number of furan rings is 1. The summed E-state index contributed by atoms with van der Waals surface area (Å²) in [6, 6.07) is 22.4. The molecule has 2 aromatic heterocycles. The third-order valence-corrected chi connectivity index (χ3v) is 6.69. The van der Waals surface area contributed by atoms with Gasteiger partial charge < -0.3 is 9.73 Å². The lowest BCUT2D eigenvalue weighted by molar-refractivity contribution is 0.0997. The number of nitrogens with one attached hydrogen (secondary N) is 1. The zero-order valence-electron chi connectivity index (χ0n) is 16.9. The Morgan fingerprint density at radius 3 is 2.66 bits per heavy atom. The summed E-state index contributed by atoms with van der Waals surface area (Å²) >= 11 is 13.8. The molecule has 0 aliphatic carbocycles. The van der Waals surface area contributed by atoms with Crippen LogP contribution in [-0.2, 0) is 0 Å². The van der Waals surface area contributed by atoms with Crippen LogP contribution in [0.1, 0.15) is 16.1 Å². The van der Waals surface area contributed by atoms with Crippen LogP contribution in [0.4, 0.5) is 5.69 Å². The quantitative estimate of drug-likeness (QED) is 0.283. The number of anilines is 1. The van der Waals surface area contributed by atoms with Crippen molar-refractivity contribution in [2.24, 2.45) is 0 Å². The fourth-order valence-electron chi connectivity index (χ4n) is 3.36. The van der Waals surface area contributed by atoms with Crippen LogP contribution in [0.3, 0.4) is 0 Å². The molecule has 0 atom stereocenters. The normalized spacial score (nSPS) is 11.1. The van der Waals surface area contributed by atoms with Gasteiger partial charge in [0.2, 0.25) is 0 Å². The first kappa shape index (κ1) is 20.8. The Balaban J connectivity index is 1.41. The van der Waals surface area contributed by atoms with E-state index in [0.717, 1.165) is 26.4 Å². The molecule has 5 aromatic rings. The summed E-state index contributed by atoms with van der Waals surface area (Å²) in [7, 11) is 0. The highest BCUT2D eigenvalue weighted by molar-refractivity contribution is 7.21. The second-order valence-corrected chi connectivity index (χ2v) is 9.13. The van der Waals surface area contributed by atoms with Crippen molar-refractivity contribution < 1.29 is 9.21 Å². The SMILES string of the molecule is Cc1ccc(-c2nc3ccccc3s2)cc1NC(=O)c1ccc(-c2ccc(Cl)cc2Cl)o1. The first-order valence-corrected chi connectivity index (χ1v) is 11.4. The zero-order valence-corrected chi connectivity index (χ0v) is 19.2. The second-order valence-electron chi connectivity index (χ2n) is 7.26.